The topological polar surface area (TPSA) is 72.8 Å². The summed E-state index contributed by atoms with van der Waals surface area (Å²) in [5, 5.41) is 4.01. The number of fused-ring (bicyclic) bond motifs is 1. The number of ketones is 3. The van der Waals surface area contributed by atoms with Gasteiger partial charge in [0.15, 0.2) is 0 Å². The van der Waals surface area contributed by atoms with Crippen molar-refractivity contribution in [2.24, 2.45) is 5.16 Å². The standard InChI is InChI=1S/C24H15NO4/c26-21(16-11-5-2-6-12-16)20-19(15-9-3-1-4-10-15)24(29-25-20)22(27)17-13-7-8-14-18(17)23(24)28/h1-14,19H/t19-/m0/s1. The van der Waals surface area contributed by atoms with E-state index in [0.29, 0.717) is 22.3 Å². The lowest BCUT2D eigenvalue weighted by atomic mass is 9.74. The third-order valence-corrected chi connectivity index (χ3v) is 5.46. The van der Waals surface area contributed by atoms with E-state index in [2.05, 4.69) is 5.16 Å². The first kappa shape index (κ1) is 17.3. The second-order valence-electron chi connectivity index (χ2n) is 7.05. The maximum atomic E-state index is 13.4. The molecule has 3 aromatic carbocycles. The fourth-order valence-corrected chi connectivity index (χ4v) is 4.09. The molecule has 2 aliphatic rings. The monoisotopic (exact) mass is 381 g/mol. The molecule has 5 heteroatoms. The van der Waals surface area contributed by atoms with Gasteiger partial charge in [-0.2, -0.15) is 0 Å². The van der Waals surface area contributed by atoms with E-state index in [9.17, 15) is 14.4 Å². The first-order valence-electron chi connectivity index (χ1n) is 9.24. The number of hydrogen-bond acceptors (Lipinski definition) is 5. The molecule has 1 aliphatic heterocycles. The van der Waals surface area contributed by atoms with Crippen molar-refractivity contribution in [1.29, 1.82) is 0 Å². The van der Waals surface area contributed by atoms with Crippen LogP contribution in [0.1, 0.15) is 42.6 Å². The predicted octanol–water partition coefficient (Wildman–Crippen LogP) is 3.86. The summed E-state index contributed by atoms with van der Waals surface area (Å²) in [5.74, 6) is -2.23. The van der Waals surface area contributed by atoms with Crippen LogP contribution in [0.3, 0.4) is 0 Å². The van der Waals surface area contributed by atoms with Crippen LogP contribution in [0.5, 0.6) is 0 Å². The molecule has 140 valence electrons. The van der Waals surface area contributed by atoms with Crippen LogP contribution in [0.25, 0.3) is 0 Å². The van der Waals surface area contributed by atoms with E-state index in [1.165, 1.54) is 0 Å². The minimum absolute atomic E-state index is 0.0527. The Hall–Kier alpha value is -3.86. The van der Waals surface area contributed by atoms with Crippen LogP contribution < -0.4 is 0 Å². The zero-order valence-corrected chi connectivity index (χ0v) is 15.2. The van der Waals surface area contributed by atoms with Crippen LogP contribution >= 0.6 is 0 Å². The maximum Gasteiger partial charge on any atom is 0.274 e. The van der Waals surface area contributed by atoms with Gasteiger partial charge in [0.05, 0.1) is 5.92 Å². The van der Waals surface area contributed by atoms with Crippen molar-refractivity contribution < 1.29 is 19.2 Å². The Bertz CT molecular complexity index is 1150. The normalized spacial score (nSPS) is 19.0. The lowest BCUT2D eigenvalue weighted by Crippen LogP contribution is -2.48. The number of Topliss-reactive ketones (excluding diaryl/α,β-unsaturated/α-hetero) is 3. The molecule has 0 N–H and O–H groups in total. The first-order chi connectivity index (χ1) is 14.1. The highest BCUT2D eigenvalue weighted by molar-refractivity contribution is 6.51. The third-order valence-electron chi connectivity index (χ3n) is 5.46. The van der Waals surface area contributed by atoms with Crippen molar-refractivity contribution in [2.75, 3.05) is 0 Å². The van der Waals surface area contributed by atoms with E-state index < -0.39 is 23.1 Å². The SMILES string of the molecule is O=C(C1=NOC2(C(=O)c3ccccc3C2=O)[C@H]1c1ccccc1)c1ccccc1. The van der Waals surface area contributed by atoms with Gasteiger partial charge in [-0.05, 0) is 5.56 Å². The molecule has 3 aromatic rings. The molecular formula is C24H15NO4. The molecule has 5 rings (SSSR count). The quantitative estimate of drug-likeness (QED) is 0.510. The molecule has 0 saturated carbocycles. The fourth-order valence-electron chi connectivity index (χ4n) is 4.09. The number of oxime groups is 1. The summed E-state index contributed by atoms with van der Waals surface area (Å²) in [6, 6.07) is 24.2. The molecule has 0 saturated heterocycles. The van der Waals surface area contributed by atoms with Gasteiger partial charge in [-0.15, -0.1) is 0 Å². The molecule has 5 nitrogen and oxygen atoms in total. The van der Waals surface area contributed by atoms with E-state index >= 15 is 0 Å². The van der Waals surface area contributed by atoms with Gasteiger partial charge >= 0.3 is 0 Å². The highest BCUT2D eigenvalue weighted by Crippen LogP contribution is 2.47. The van der Waals surface area contributed by atoms with Gasteiger partial charge in [-0.25, -0.2) is 0 Å². The Kier molecular flexibility index (Phi) is 3.77. The minimum Gasteiger partial charge on any atom is -0.371 e. The summed E-state index contributed by atoms with van der Waals surface area (Å²) in [4.78, 5) is 45.6. The van der Waals surface area contributed by atoms with E-state index in [1.807, 2.05) is 6.07 Å². The van der Waals surface area contributed by atoms with Crippen LogP contribution in [0.15, 0.2) is 90.1 Å². The Balaban J connectivity index is 1.68. The summed E-state index contributed by atoms with van der Waals surface area (Å²) in [6.45, 7) is 0. The molecule has 1 atom stereocenters. The summed E-state index contributed by atoms with van der Waals surface area (Å²) < 4.78 is 0. The van der Waals surface area contributed by atoms with Crippen LogP contribution in [0.4, 0.5) is 0 Å². The minimum atomic E-state index is -1.88. The highest BCUT2D eigenvalue weighted by Gasteiger charge is 2.66. The van der Waals surface area contributed by atoms with Gasteiger partial charge in [-0.3, -0.25) is 14.4 Å². The summed E-state index contributed by atoms with van der Waals surface area (Å²) in [6.07, 6.45) is 0. The second-order valence-corrected chi connectivity index (χ2v) is 7.05. The third kappa shape index (κ3) is 2.34. The lowest BCUT2D eigenvalue weighted by molar-refractivity contribution is 0.00129. The van der Waals surface area contributed by atoms with Crippen molar-refractivity contribution in [2.45, 2.75) is 11.5 Å². The molecule has 1 aliphatic carbocycles. The fraction of sp³-hybridized carbons (Fsp3) is 0.0833. The molecular weight excluding hydrogens is 366 g/mol. The van der Waals surface area contributed by atoms with Gasteiger partial charge in [0.2, 0.25) is 17.3 Å². The Labute approximate surface area is 166 Å². The van der Waals surface area contributed by atoms with Gasteiger partial charge in [0.1, 0.15) is 5.71 Å². The van der Waals surface area contributed by atoms with Gasteiger partial charge < -0.3 is 4.84 Å². The predicted molar refractivity (Wildman–Crippen MR) is 106 cm³/mol. The van der Waals surface area contributed by atoms with Crippen LogP contribution in [0.2, 0.25) is 0 Å². The number of rotatable bonds is 3. The number of benzene rings is 3. The molecule has 0 unspecified atom stereocenters. The van der Waals surface area contributed by atoms with Crippen molar-refractivity contribution >= 4 is 23.1 Å². The van der Waals surface area contributed by atoms with E-state index in [0.717, 1.165) is 0 Å². The summed E-state index contributed by atoms with van der Waals surface area (Å²) in [5.41, 5.74) is -0.197. The molecule has 0 amide bonds. The average Bonchev–Trinajstić information content (AvgIpc) is 3.28. The molecule has 1 spiro atoms. The molecule has 0 aromatic heterocycles. The summed E-state index contributed by atoms with van der Waals surface area (Å²) in [7, 11) is 0. The van der Waals surface area contributed by atoms with Gasteiger partial charge in [0.25, 0.3) is 5.60 Å². The van der Waals surface area contributed by atoms with Crippen molar-refractivity contribution in [1.82, 2.24) is 0 Å². The average molecular weight is 381 g/mol. The van der Waals surface area contributed by atoms with Crippen LogP contribution in [-0.2, 0) is 4.84 Å². The van der Waals surface area contributed by atoms with Crippen molar-refractivity contribution in [3.63, 3.8) is 0 Å². The molecule has 0 radical (unpaired) electrons. The first-order valence-corrected chi connectivity index (χ1v) is 9.24. The van der Waals surface area contributed by atoms with Gasteiger partial charge in [0, 0.05) is 16.7 Å². The highest BCUT2D eigenvalue weighted by atomic mass is 16.7. The van der Waals surface area contributed by atoms with E-state index in [1.54, 1.807) is 78.9 Å². The Morgan fingerprint density at radius 2 is 1.28 bits per heavy atom. The van der Waals surface area contributed by atoms with E-state index in [-0.39, 0.29) is 11.5 Å². The number of hydrogen-bond donors (Lipinski definition) is 0. The van der Waals surface area contributed by atoms with Crippen molar-refractivity contribution in [3.8, 4) is 0 Å². The number of carbonyl (C=O) groups is 3. The Morgan fingerprint density at radius 3 is 1.86 bits per heavy atom. The Morgan fingerprint density at radius 1 is 0.759 bits per heavy atom. The largest absolute Gasteiger partial charge is 0.371 e. The lowest BCUT2D eigenvalue weighted by Gasteiger charge is -2.26. The molecule has 0 fully saturated rings. The zero-order chi connectivity index (χ0) is 20.0. The van der Waals surface area contributed by atoms with Gasteiger partial charge in [-0.1, -0.05) is 90.1 Å². The van der Waals surface area contributed by atoms with Crippen LogP contribution in [0, 0.1) is 0 Å². The molecule has 29 heavy (non-hydrogen) atoms. The molecule has 1 heterocycles. The number of carbonyl (C=O) groups excluding carboxylic acids is 3. The van der Waals surface area contributed by atoms with Crippen molar-refractivity contribution in [3.05, 3.63) is 107 Å². The smallest absolute Gasteiger partial charge is 0.274 e. The second kappa shape index (κ2) is 6.34. The van der Waals surface area contributed by atoms with Crippen LogP contribution in [-0.4, -0.2) is 28.7 Å². The maximum absolute atomic E-state index is 13.4. The number of nitrogens with zero attached hydrogens (tertiary/aromatic N) is 1. The van der Waals surface area contributed by atoms with E-state index in [4.69, 9.17) is 4.84 Å². The molecule has 0 bridgehead atoms. The zero-order valence-electron chi connectivity index (χ0n) is 15.2. The summed E-state index contributed by atoms with van der Waals surface area (Å²) >= 11 is 0.